The number of hydrogen-bond acceptors (Lipinski definition) is 5. The summed E-state index contributed by atoms with van der Waals surface area (Å²) in [6, 6.07) is 20.8. The third-order valence-corrected chi connectivity index (χ3v) is 4.53. The second-order valence-corrected chi connectivity index (χ2v) is 7.01. The molecule has 0 aliphatic heterocycles. The molecule has 7 heteroatoms. The largest absolute Gasteiger partial charge is 0.513 e. The van der Waals surface area contributed by atoms with Crippen LogP contribution >= 0.6 is 0 Å². The number of carbonyl (C=O) groups is 3. The van der Waals surface area contributed by atoms with Crippen LogP contribution in [0.4, 0.5) is 10.5 Å². The van der Waals surface area contributed by atoms with Gasteiger partial charge in [0.25, 0.3) is 11.8 Å². The number of amides is 2. The lowest BCUT2D eigenvalue weighted by Gasteiger charge is -2.09. The minimum absolute atomic E-state index is 0.198. The average molecular weight is 432 g/mol. The first-order valence-corrected chi connectivity index (χ1v) is 10.1. The molecule has 2 N–H and O–H groups in total. The van der Waals surface area contributed by atoms with Crippen LogP contribution in [-0.2, 0) is 11.3 Å². The maximum absolute atomic E-state index is 12.4. The molecule has 0 spiro atoms. The topological polar surface area (TPSA) is 93.7 Å². The Morgan fingerprint density at radius 1 is 0.844 bits per heavy atom. The van der Waals surface area contributed by atoms with Gasteiger partial charge in [-0.2, -0.15) is 0 Å². The van der Waals surface area contributed by atoms with E-state index >= 15 is 0 Å². The monoisotopic (exact) mass is 432 g/mol. The van der Waals surface area contributed by atoms with Crippen molar-refractivity contribution in [3.63, 3.8) is 0 Å². The van der Waals surface area contributed by atoms with Crippen molar-refractivity contribution in [2.45, 2.75) is 20.4 Å². The first kappa shape index (κ1) is 22.6. The van der Waals surface area contributed by atoms with Crippen LogP contribution in [0.15, 0.2) is 72.8 Å². The van der Waals surface area contributed by atoms with Crippen LogP contribution in [0.1, 0.15) is 38.8 Å². The number of hydrogen-bond donors (Lipinski definition) is 2. The number of ether oxygens (including phenoxy) is 2. The molecule has 0 aliphatic rings. The smallest absolute Gasteiger partial charge is 0.434 e. The molecule has 0 heterocycles. The van der Waals surface area contributed by atoms with Gasteiger partial charge in [-0.3, -0.25) is 9.59 Å². The molecule has 0 bridgehead atoms. The molecule has 7 nitrogen and oxygen atoms in total. The fourth-order valence-electron chi connectivity index (χ4n) is 2.87. The highest BCUT2D eigenvalue weighted by molar-refractivity contribution is 6.04. The quantitative estimate of drug-likeness (QED) is 0.416. The SMILES string of the molecule is CCOC(=O)Oc1ccc(C(=O)NCc2cccc(NC(=O)c3ccc(C)cc3)c2)cc1. The number of carbonyl (C=O) groups excluding carboxylic acids is 3. The van der Waals surface area contributed by atoms with Gasteiger partial charge in [0.1, 0.15) is 5.75 Å². The van der Waals surface area contributed by atoms with Crippen molar-refractivity contribution in [2.24, 2.45) is 0 Å². The normalized spacial score (nSPS) is 10.2. The van der Waals surface area contributed by atoms with Gasteiger partial charge in [-0.05, 0) is 67.9 Å². The van der Waals surface area contributed by atoms with Crippen LogP contribution in [-0.4, -0.2) is 24.6 Å². The number of anilines is 1. The molecule has 0 radical (unpaired) electrons. The Morgan fingerprint density at radius 2 is 1.50 bits per heavy atom. The highest BCUT2D eigenvalue weighted by Gasteiger charge is 2.09. The molecule has 2 amide bonds. The Kier molecular flexibility index (Phi) is 7.59. The maximum atomic E-state index is 12.4. The lowest BCUT2D eigenvalue weighted by molar-refractivity contribution is 0.0950. The molecule has 164 valence electrons. The Balaban J connectivity index is 1.55. The van der Waals surface area contributed by atoms with Gasteiger partial charge in [0.15, 0.2) is 0 Å². The Labute approximate surface area is 186 Å². The summed E-state index contributed by atoms with van der Waals surface area (Å²) in [6.07, 6.45) is -0.793. The van der Waals surface area contributed by atoms with E-state index in [2.05, 4.69) is 10.6 Å². The van der Waals surface area contributed by atoms with E-state index in [9.17, 15) is 14.4 Å². The minimum Gasteiger partial charge on any atom is -0.434 e. The van der Waals surface area contributed by atoms with E-state index in [0.717, 1.165) is 11.1 Å². The highest BCUT2D eigenvalue weighted by Crippen LogP contribution is 2.15. The van der Waals surface area contributed by atoms with Crippen LogP contribution in [0.2, 0.25) is 0 Å². The van der Waals surface area contributed by atoms with Crippen molar-refractivity contribution < 1.29 is 23.9 Å². The second-order valence-electron chi connectivity index (χ2n) is 7.01. The molecule has 0 aromatic heterocycles. The zero-order valence-corrected chi connectivity index (χ0v) is 17.9. The molecule has 32 heavy (non-hydrogen) atoms. The van der Waals surface area contributed by atoms with E-state index in [0.29, 0.717) is 16.8 Å². The van der Waals surface area contributed by atoms with Gasteiger partial charge < -0.3 is 20.1 Å². The predicted octanol–water partition coefficient (Wildman–Crippen LogP) is 4.71. The van der Waals surface area contributed by atoms with Crippen molar-refractivity contribution >= 4 is 23.7 Å². The van der Waals surface area contributed by atoms with Crippen LogP contribution < -0.4 is 15.4 Å². The van der Waals surface area contributed by atoms with Crippen LogP contribution in [0.3, 0.4) is 0 Å². The number of aryl methyl sites for hydroxylation is 1. The van der Waals surface area contributed by atoms with Crippen LogP contribution in [0, 0.1) is 6.92 Å². The molecule has 0 unspecified atom stereocenters. The summed E-state index contributed by atoms with van der Waals surface area (Å²) in [5.74, 6) is -0.185. The van der Waals surface area contributed by atoms with Gasteiger partial charge in [0.05, 0.1) is 6.61 Å². The molecule has 0 atom stereocenters. The van der Waals surface area contributed by atoms with E-state index in [1.54, 1.807) is 37.3 Å². The number of nitrogens with one attached hydrogen (secondary N) is 2. The van der Waals surface area contributed by atoms with E-state index in [-0.39, 0.29) is 30.7 Å². The molecular formula is C25H24N2O5. The molecule has 0 aliphatic carbocycles. The third-order valence-electron chi connectivity index (χ3n) is 4.53. The Morgan fingerprint density at radius 3 is 2.19 bits per heavy atom. The zero-order chi connectivity index (χ0) is 22.9. The van der Waals surface area contributed by atoms with Crippen molar-refractivity contribution in [2.75, 3.05) is 11.9 Å². The highest BCUT2D eigenvalue weighted by atomic mass is 16.7. The van der Waals surface area contributed by atoms with Gasteiger partial charge in [0.2, 0.25) is 0 Å². The minimum atomic E-state index is -0.793. The van der Waals surface area contributed by atoms with Gasteiger partial charge >= 0.3 is 6.16 Å². The second kappa shape index (κ2) is 10.8. The van der Waals surface area contributed by atoms with Crippen molar-refractivity contribution in [3.8, 4) is 5.75 Å². The van der Waals surface area contributed by atoms with E-state index < -0.39 is 6.16 Å². The van der Waals surface area contributed by atoms with Crippen LogP contribution in [0.5, 0.6) is 5.75 Å². The lowest BCUT2D eigenvalue weighted by Crippen LogP contribution is -2.22. The summed E-state index contributed by atoms with van der Waals surface area (Å²) in [5.41, 5.74) is 3.56. The molecule has 3 rings (SSSR count). The molecule has 0 fully saturated rings. The van der Waals surface area contributed by atoms with Gasteiger partial charge in [0, 0.05) is 23.4 Å². The third kappa shape index (κ3) is 6.43. The van der Waals surface area contributed by atoms with Crippen molar-refractivity contribution in [3.05, 3.63) is 95.1 Å². The molecule has 3 aromatic carbocycles. The first-order chi connectivity index (χ1) is 15.4. The summed E-state index contributed by atoms with van der Waals surface area (Å²) < 4.78 is 9.68. The number of benzene rings is 3. The standard InChI is InChI=1S/C25H24N2O5/c1-3-31-25(30)32-22-13-11-19(12-14-22)23(28)26-16-18-5-4-6-21(15-18)27-24(29)20-9-7-17(2)8-10-20/h4-15H,3,16H2,1-2H3,(H,26,28)(H,27,29). The lowest BCUT2D eigenvalue weighted by atomic mass is 10.1. The van der Waals surface area contributed by atoms with Gasteiger partial charge in [-0.25, -0.2) is 4.79 Å². The maximum Gasteiger partial charge on any atom is 0.513 e. The molecule has 0 saturated heterocycles. The summed E-state index contributed by atoms with van der Waals surface area (Å²) in [7, 11) is 0. The number of rotatable bonds is 7. The average Bonchev–Trinajstić information content (AvgIpc) is 2.79. The van der Waals surface area contributed by atoms with Crippen molar-refractivity contribution in [1.82, 2.24) is 5.32 Å². The molecule has 3 aromatic rings. The van der Waals surface area contributed by atoms with Gasteiger partial charge in [-0.15, -0.1) is 0 Å². The van der Waals surface area contributed by atoms with E-state index in [1.807, 2.05) is 37.3 Å². The summed E-state index contributed by atoms with van der Waals surface area (Å²) >= 11 is 0. The molecule has 0 saturated carbocycles. The van der Waals surface area contributed by atoms with Gasteiger partial charge in [-0.1, -0.05) is 29.8 Å². The Hall–Kier alpha value is -4.13. The fourth-order valence-corrected chi connectivity index (χ4v) is 2.87. The zero-order valence-electron chi connectivity index (χ0n) is 17.9. The van der Waals surface area contributed by atoms with E-state index in [4.69, 9.17) is 9.47 Å². The van der Waals surface area contributed by atoms with Crippen LogP contribution in [0.25, 0.3) is 0 Å². The first-order valence-electron chi connectivity index (χ1n) is 10.1. The summed E-state index contributed by atoms with van der Waals surface area (Å²) in [5, 5.41) is 5.69. The van der Waals surface area contributed by atoms with Crippen molar-refractivity contribution in [1.29, 1.82) is 0 Å². The molecular weight excluding hydrogens is 408 g/mol. The predicted molar refractivity (Wildman–Crippen MR) is 121 cm³/mol. The Bertz CT molecular complexity index is 1090. The van der Waals surface area contributed by atoms with E-state index in [1.165, 1.54) is 12.1 Å². The fraction of sp³-hybridized carbons (Fsp3) is 0.160. The summed E-state index contributed by atoms with van der Waals surface area (Å²) in [4.78, 5) is 36.1. The summed E-state index contributed by atoms with van der Waals surface area (Å²) in [6.45, 7) is 4.15.